The minimum atomic E-state index is -0.263. The second kappa shape index (κ2) is 7.25. The van der Waals surface area contributed by atoms with Gasteiger partial charge < -0.3 is 10.4 Å². The van der Waals surface area contributed by atoms with Gasteiger partial charge in [0.05, 0.1) is 12.6 Å². The van der Waals surface area contributed by atoms with Crippen LogP contribution >= 0.6 is 0 Å². The molecule has 2 aliphatic rings. The number of likely N-dealkylation sites (N-methyl/N-ethyl adjacent to an activating group) is 1. The summed E-state index contributed by atoms with van der Waals surface area (Å²) in [5.74, 6) is 0.118. The van der Waals surface area contributed by atoms with E-state index in [0.29, 0.717) is 12.6 Å². The Morgan fingerprint density at radius 2 is 1.74 bits per heavy atom. The maximum atomic E-state index is 12.0. The first kappa shape index (κ1) is 14.8. The molecule has 0 spiro atoms. The fourth-order valence-corrected chi connectivity index (χ4v) is 3.47. The molecule has 0 bridgehead atoms. The second-order valence-corrected chi connectivity index (χ2v) is 6.24. The zero-order valence-corrected chi connectivity index (χ0v) is 12.1. The SMILES string of the molecule is CN(CC(=O)NC1CCCCC1)C1CCCCC1O. The summed E-state index contributed by atoms with van der Waals surface area (Å²) in [6.45, 7) is 0.415. The standard InChI is InChI=1S/C15H28N2O2/c1-17(13-9-5-6-10-14(13)18)11-15(19)16-12-7-3-2-4-8-12/h12-14,18H,2-11H2,1H3,(H,16,19). The minimum absolute atomic E-state index is 0.118. The molecule has 1 amide bonds. The fraction of sp³-hybridized carbons (Fsp3) is 0.933. The van der Waals surface area contributed by atoms with Crippen LogP contribution in [0.5, 0.6) is 0 Å². The molecule has 2 unspecified atom stereocenters. The van der Waals surface area contributed by atoms with E-state index in [0.717, 1.165) is 38.5 Å². The molecule has 0 radical (unpaired) electrons. The number of nitrogens with one attached hydrogen (secondary N) is 1. The molecule has 110 valence electrons. The Kier molecular flexibility index (Phi) is 5.64. The van der Waals surface area contributed by atoms with Crippen LogP contribution in [0.1, 0.15) is 57.8 Å². The molecule has 19 heavy (non-hydrogen) atoms. The van der Waals surface area contributed by atoms with E-state index in [1.165, 1.54) is 19.3 Å². The predicted molar refractivity (Wildman–Crippen MR) is 75.9 cm³/mol. The van der Waals surface area contributed by atoms with Gasteiger partial charge in [-0.1, -0.05) is 32.1 Å². The number of amides is 1. The zero-order valence-electron chi connectivity index (χ0n) is 12.1. The first-order chi connectivity index (χ1) is 9.16. The van der Waals surface area contributed by atoms with E-state index < -0.39 is 0 Å². The summed E-state index contributed by atoms with van der Waals surface area (Å²) in [7, 11) is 1.96. The van der Waals surface area contributed by atoms with Crippen molar-refractivity contribution in [2.75, 3.05) is 13.6 Å². The topological polar surface area (TPSA) is 52.6 Å². The molecule has 0 heterocycles. The summed E-state index contributed by atoms with van der Waals surface area (Å²) in [5, 5.41) is 13.1. The molecule has 0 aromatic carbocycles. The van der Waals surface area contributed by atoms with E-state index in [9.17, 15) is 9.90 Å². The third-order valence-corrected chi connectivity index (χ3v) is 4.62. The van der Waals surface area contributed by atoms with Crippen molar-refractivity contribution >= 4 is 5.91 Å². The number of aliphatic hydroxyl groups excluding tert-OH is 1. The third kappa shape index (κ3) is 4.46. The van der Waals surface area contributed by atoms with Gasteiger partial charge in [-0.3, -0.25) is 9.69 Å². The highest BCUT2D eigenvalue weighted by atomic mass is 16.3. The van der Waals surface area contributed by atoms with Gasteiger partial charge in [0, 0.05) is 12.1 Å². The van der Waals surface area contributed by atoms with Crippen LogP contribution in [-0.2, 0) is 4.79 Å². The number of hydrogen-bond donors (Lipinski definition) is 2. The fourth-order valence-electron chi connectivity index (χ4n) is 3.47. The largest absolute Gasteiger partial charge is 0.391 e. The Morgan fingerprint density at radius 3 is 2.42 bits per heavy atom. The first-order valence-corrected chi connectivity index (χ1v) is 7.84. The molecule has 2 atom stereocenters. The summed E-state index contributed by atoms with van der Waals surface area (Å²) in [5.41, 5.74) is 0. The van der Waals surface area contributed by atoms with Crippen molar-refractivity contribution in [2.24, 2.45) is 0 Å². The summed E-state index contributed by atoms with van der Waals surface area (Å²) in [6, 6.07) is 0.539. The predicted octanol–water partition coefficient (Wildman–Crippen LogP) is 1.67. The minimum Gasteiger partial charge on any atom is -0.391 e. The lowest BCUT2D eigenvalue weighted by atomic mass is 9.91. The van der Waals surface area contributed by atoms with Crippen LogP contribution in [0.25, 0.3) is 0 Å². The summed E-state index contributed by atoms with van der Waals surface area (Å²) < 4.78 is 0. The van der Waals surface area contributed by atoms with Gasteiger partial charge in [0.2, 0.25) is 5.91 Å². The second-order valence-electron chi connectivity index (χ2n) is 6.24. The van der Waals surface area contributed by atoms with Crippen LogP contribution < -0.4 is 5.32 Å². The van der Waals surface area contributed by atoms with Crippen LogP contribution in [0.3, 0.4) is 0 Å². The van der Waals surface area contributed by atoms with Crippen molar-refractivity contribution in [3.63, 3.8) is 0 Å². The van der Waals surface area contributed by atoms with Crippen molar-refractivity contribution in [3.8, 4) is 0 Å². The quantitative estimate of drug-likeness (QED) is 0.815. The van der Waals surface area contributed by atoms with Crippen LogP contribution in [0.2, 0.25) is 0 Å². The Morgan fingerprint density at radius 1 is 1.11 bits per heavy atom. The zero-order chi connectivity index (χ0) is 13.7. The van der Waals surface area contributed by atoms with Crippen LogP contribution in [0.15, 0.2) is 0 Å². The van der Waals surface area contributed by atoms with E-state index in [4.69, 9.17) is 0 Å². The van der Waals surface area contributed by atoms with Crippen molar-refractivity contribution in [3.05, 3.63) is 0 Å². The molecule has 0 saturated heterocycles. The molecule has 4 heteroatoms. The molecule has 2 saturated carbocycles. The highest BCUT2D eigenvalue weighted by molar-refractivity contribution is 5.78. The average molecular weight is 268 g/mol. The Balaban J connectivity index is 1.74. The van der Waals surface area contributed by atoms with Gasteiger partial charge in [-0.25, -0.2) is 0 Å². The molecule has 0 aromatic rings. The van der Waals surface area contributed by atoms with Gasteiger partial charge in [0.25, 0.3) is 0 Å². The van der Waals surface area contributed by atoms with Crippen LogP contribution in [0.4, 0.5) is 0 Å². The highest BCUT2D eigenvalue weighted by Gasteiger charge is 2.28. The average Bonchev–Trinajstić information content (AvgIpc) is 2.40. The van der Waals surface area contributed by atoms with Crippen molar-refractivity contribution in [1.29, 1.82) is 0 Å². The summed E-state index contributed by atoms with van der Waals surface area (Å²) in [6.07, 6.45) is 9.93. The molecule has 4 nitrogen and oxygen atoms in total. The van der Waals surface area contributed by atoms with Crippen molar-refractivity contribution < 1.29 is 9.90 Å². The van der Waals surface area contributed by atoms with Gasteiger partial charge in [-0.15, -0.1) is 0 Å². The van der Waals surface area contributed by atoms with Crippen molar-refractivity contribution in [2.45, 2.75) is 76.0 Å². The molecular weight excluding hydrogens is 240 g/mol. The Labute approximate surface area is 116 Å². The van der Waals surface area contributed by atoms with Gasteiger partial charge in [-0.05, 0) is 32.7 Å². The number of carbonyl (C=O) groups is 1. The summed E-state index contributed by atoms with van der Waals surface area (Å²) >= 11 is 0. The van der Waals surface area contributed by atoms with Crippen LogP contribution in [-0.4, -0.2) is 47.7 Å². The normalized spacial score (nSPS) is 29.4. The number of nitrogens with zero attached hydrogens (tertiary/aromatic N) is 1. The number of hydrogen-bond acceptors (Lipinski definition) is 3. The Hall–Kier alpha value is -0.610. The van der Waals surface area contributed by atoms with Crippen LogP contribution in [0, 0.1) is 0 Å². The molecule has 2 N–H and O–H groups in total. The van der Waals surface area contributed by atoms with E-state index in [-0.39, 0.29) is 18.1 Å². The third-order valence-electron chi connectivity index (χ3n) is 4.62. The maximum Gasteiger partial charge on any atom is 0.234 e. The number of rotatable bonds is 4. The molecule has 0 aliphatic heterocycles. The molecule has 0 aromatic heterocycles. The molecule has 2 rings (SSSR count). The van der Waals surface area contributed by atoms with Gasteiger partial charge in [-0.2, -0.15) is 0 Å². The van der Waals surface area contributed by atoms with E-state index in [1.54, 1.807) is 0 Å². The maximum absolute atomic E-state index is 12.0. The van der Waals surface area contributed by atoms with E-state index in [1.807, 2.05) is 11.9 Å². The Bertz CT molecular complexity index is 290. The smallest absolute Gasteiger partial charge is 0.234 e. The lowest BCUT2D eigenvalue weighted by Crippen LogP contribution is -2.49. The van der Waals surface area contributed by atoms with Gasteiger partial charge in [0.15, 0.2) is 0 Å². The lowest BCUT2D eigenvalue weighted by molar-refractivity contribution is -0.124. The number of carbonyl (C=O) groups excluding carboxylic acids is 1. The molecule has 2 fully saturated rings. The van der Waals surface area contributed by atoms with Gasteiger partial charge >= 0.3 is 0 Å². The van der Waals surface area contributed by atoms with Gasteiger partial charge in [0.1, 0.15) is 0 Å². The molecule has 2 aliphatic carbocycles. The molecular formula is C15H28N2O2. The van der Waals surface area contributed by atoms with Crippen molar-refractivity contribution in [1.82, 2.24) is 10.2 Å². The van der Waals surface area contributed by atoms with E-state index in [2.05, 4.69) is 5.32 Å². The highest BCUT2D eigenvalue weighted by Crippen LogP contribution is 2.22. The number of aliphatic hydroxyl groups is 1. The monoisotopic (exact) mass is 268 g/mol. The van der Waals surface area contributed by atoms with E-state index >= 15 is 0 Å². The summed E-state index contributed by atoms with van der Waals surface area (Å²) in [4.78, 5) is 14.1. The lowest BCUT2D eigenvalue weighted by Gasteiger charge is -2.35. The first-order valence-electron chi connectivity index (χ1n) is 7.84.